The van der Waals surface area contributed by atoms with Gasteiger partial charge in [-0.25, -0.2) is 8.42 Å². The summed E-state index contributed by atoms with van der Waals surface area (Å²) in [7, 11) is -1.34. The molecule has 2 atom stereocenters. The minimum absolute atomic E-state index is 0.0372. The Labute approximate surface area is 133 Å². The van der Waals surface area contributed by atoms with Gasteiger partial charge in [0.15, 0.2) is 9.84 Å². The van der Waals surface area contributed by atoms with Crippen LogP contribution in [0.25, 0.3) is 0 Å². The smallest absolute Gasteiger partial charge is 0.158 e. The van der Waals surface area contributed by atoms with Crippen LogP contribution in [-0.4, -0.2) is 26.8 Å². The van der Waals surface area contributed by atoms with Crippen molar-refractivity contribution in [2.24, 2.45) is 0 Å². The van der Waals surface area contributed by atoms with Crippen molar-refractivity contribution in [3.63, 3.8) is 0 Å². The SMILES string of the molecule is CNC1CCCCCCC1S(=O)(=O)Cc1ccccc1Cl. The molecule has 0 radical (unpaired) electrons. The third-order valence-electron chi connectivity index (χ3n) is 4.35. The second-order valence-electron chi connectivity index (χ2n) is 5.82. The first-order valence-corrected chi connectivity index (χ1v) is 9.76. The van der Waals surface area contributed by atoms with Gasteiger partial charge in [0.05, 0.1) is 11.0 Å². The zero-order valence-corrected chi connectivity index (χ0v) is 14.1. The van der Waals surface area contributed by atoms with Gasteiger partial charge in [-0.1, -0.05) is 55.5 Å². The fraction of sp³-hybridized carbons (Fsp3) is 0.625. The zero-order chi connectivity index (χ0) is 15.3. The van der Waals surface area contributed by atoms with E-state index >= 15 is 0 Å². The lowest BCUT2D eigenvalue weighted by atomic mass is 9.96. The van der Waals surface area contributed by atoms with Crippen molar-refractivity contribution in [3.05, 3.63) is 34.9 Å². The van der Waals surface area contributed by atoms with E-state index in [0.717, 1.165) is 32.1 Å². The predicted octanol–water partition coefficient (Wildman–Crippen LogP) is 3.57. The van der Waals surface area contributed by atoms with Gasteiger partial charge in [-0.15, -0.1) is 0 Å². The topological polar surface area (TPSA) is 46.2 Å². The van der Waals surface area contributed by atoms with Gasteiger partial charge in [-0.2, -0.15) is 0 Å². The van der Waals surface area contributed by atoms with Crippen molar-refractivity contribution in [2.45, 2.75) is 55.6 Å². The molecule has 0 spiro atoms. The van der Waals surface area contributed by atoms with Crippen LogP contribution in [0.4, 0.5) is 0 Å². The van der Waals surface area contributed by atoms with E-state index in [0.29, 0.717) is 10.6 Å². The lowest BCUT2D eigenvalue weighted by Gasteiger charge is -2.29. The molecule has 118 valence electrons. The summed E-state index contributed by atoms with van der Waals surface area (Å²) in [5, 5.41) is 3.44. The average Bonchev–Trinajstić information content (AvgIpc) is 2.41. The molecule has 1 saturated carbocycles. The van der Waals surface area contributed by atoms with E-state index in [1.165, 1.54) is 6.42 Å². The van der Waals surface area contributed by atoms with Gasteiger partial charge in [0.25, 0.3) is 0 Å². The Morgan fingerprint density at radius 3 is 2.48 bits per heavy atom. The van der Waals surface area contributed by atoms with Crippen molar-refractivity contribution >= 4 is 21.4 Å². The molecular formula is C16H24ClNO2S. The molecule has 0 aromatic heterocycles. The maximum absolute atomic E-state index is 12.8. The molecule has 5 heteroatoms. The highest BCUT2D eigenvalue weighted by Gasteiger charge is 2.33. The highest BCUT2D eigenvalue weighted by Crippen LogP contribution is 2.27. The summed E-state index contributed by atoms with van der Waals surface area (Å²) < 4.78 is 25.7. The van der Waals surface area contributed by atoms with Crippen LogP contribution in [0.1, 0.15) is 44.1 Å². The van der Waals surface area contributed by atoms with E-state index in [1.54, 1.807) is 12.1 Å². The largest absolute Gasteiger partial charge is 0.316 e. The van der Waals surface area contributed by atoms with Crippen LogP contribution in [0.2, 0.25) is 5.02 Å². The molecule has 2 unspecified atom stereocenters. The van der Waals surface area contributed by atoms with Crippen molar-refractivity contribution in [1.29, 1.82) is 0 Å². The van der Waals surface area contributed by atoms with Crippen LogP contribution in [0.3, 0.4) is 0 Å². The molecule has 1 fully saturated rings. The predicted molar refractivity (Wildman–Crippen MR) is 88.4 cm³/mol. The second-order valence-corrected chi connectivity index (χ2v) is 8.45. The van der Waals surface area contributed by atoms with E-state index < -0.39 is 9.84 Å². The Morgan fingerprint density at radius 1 is 1.14 bits per heavy atom. The van der Waals surface area contributed by atoms with E-state index in [2.05, 4.69) is 5.32 Å². The normalized spacial score (nSPS) is 24.3. The number of rotatable bonds is 4. The molecule has 2 rings (SSSR count). The molecule has 0 aliphatic heterocycles. The summed E-state index contributed by atoms with van der Waals surface area (Å²) in [5.74, 6) is 0.0372. The number of benzene rings is 1. The number of sulfone groups is 1. The van der Waals surface area contributed by atoms with Gasteiger partial charge in [0.2, 0.25) is 0 Å². The standard InChI is InChI=1S/C16H24ClNO2S/c1-18-15-10-4-2-3-5-11-16(15)21(19,20)12-13-8-6-7-9-14(13)17/h6-9,15-16,18H,2-5,10-12H2,1H3. The van der Waals surface area contributed by atoms with E-state index in [1.807, 2.05) is 19.2 Å². The molecule has 0 heterocycles. The van der Waals surface area contributed by atoms with Crippen LogP contribution >= 0.6 is 11.6 Å². The average molecular weight is 330 g/mol. The zero-order valence-electron chi connectivity index (χ0n) is 12.5. The minimum Gasteiger partial charge on any atom is -0.316 e. The third-order valence-corrected chi connectivity index (χ3v) is 6.92. The van der Waals surface area contributed by atoms with Crippen molar-refractivity contribution in [3.8, 4) is 0 Å². The number of nitrogens with one attached hydrogen (secondary N) is 1. The van der Waals surface area contributed by atoms with Crippen LogP contribution in [0.5, 0.6) is 0 Å². The summed E-state index contributed by atoms with van der Waals surface area (Å²) in [5.41, 5.74) is 0.705. The van der Waals surface area contributed by atoms with Crippen LogP contribution in [-0.2, 0) is 15.6 Å². The Hall–Kier alpha value is -0.580. The molecule has 0 bridgehead atoms. The van der Waals surface area contributed by atoms with E-state index in [-0.39, 0.29) is 17.0 Å². The number of hydrogen-bond donors (Lipinski definition) is 1. The van der Waals surface area contributed by atoms with Gasteiger partial charge in [-0.3, -0.25) is 0 Å². The van der Waals surface area contributed by atoms with Gasteiger partial charge < -0.3 is 5.32 Å². The lowest BCUT2D eigenvalue weighted by Crippen LogP contribution is -2.43. The summed E-state index contributed by atoms with van der Waals surface area (Å²) in [6, 6.07) is 7.27. The summed E-state index contributed by atoms with van der Waals surface area (Å²) >= 11 is 6.12. The molecule has 0 amide bonds. The fourth-order valence-electron chi connectivity index (χ4n) is 3.15. The van der Waals surface area contributed by atoms with E-state index in [4.69, 9.17) is 11.6 Å². The molecule has 1 aromatic carbocycles. The maximum Gasteiger partial charge on any atom is 0.158 e. The summed E-state index contributed by atoms with van der Waals surface area (Å²) in [6.07, 6.45) is 6.11. The first-order valence-electron chi connectivity index (χ1n) is 7.67. The van der Waals surface area contributed by atoms with Crippen molar-refractivity contribution in [1.82, 2.24) is 5.32 Å². The Morgan fingerprint density at radius 2 is 1.81 bits per heavy atom. The first-order chi connectivity index (χ1) is 10.0. The summed E-state index contributed by atoms with van der Waals surface area (Å²) in [4.78, 5) is 0. The molecular weight excluding hydrogens is 306 g/mol. The van der Waals surface area contributed by atoms with E-state index in [9.17, 15) is 8.42 Å². The summed E-state index contributed by atoms with van der Waals surface area (Å²) in [6.45, 7) is 0. The Balaban J connectivity index is 2.21. The van der Waals surface area contributed by atoms with Gasteiger partial charge in [0, 0.05) is 11.1 Å². The van der Waals surface area contributed by atoms with Gasteiger partial charge in [-0.05, 0) is 31.5 Å². The molecule has 3 nitrogen and oxygen atoms in total. The molecule has 1 aliphatic rings. The third kappa shape index (κ3) is 4.44. The second kappa shape index (κ2) is 7.61. The number of halogens is 1. The quantitative estimate of drug-likeness (QED) is 0.918. The van der Waals surface area contributed by atoms with Gasteiger partial charge in [0.1, 0.15) is 0 Å². The molecule has 1 aliphatic carbocycles. The number of hydrogen-bond acceptors (Lipinski definition) is 3. The van der Waals surface area contributed by atoms with Crippen LogP contribution in [0, 0.1) is 0 Å². The lowest BCUT2D eigenvalue weighted by molar-refractivity contribution is 0.405. The van der Waals surface area contributed by atoms with Crippen molar-refractivity contribution in [2.75, 3.05) is 7.05 Å². The minimum atomic E-state index is -3.21. The molecule has 21 heavy (non-hydrogen) atoms. The van der Waals surface area contributed by atoms with Gasteiger partial charge >= 0.3 is 0 Å². The van der Waals surface area contributed by atoms with Crippen LogP contribution < -0.4 is 5.32 Å². The fourth-order valence-corrected chi connectivity index (χ4v) is 5.63. The maximum atomic E-state index is 12.8. The molecule has 1 N–H and O–H groups in total. The van der Waals surface area contributed by atoms with Crippen molar-refractivity contribution < 1.29 is 8.42 Å². The Kier molecular flexibility index (Phi) is 6.08. The Bertz CT molecular complexity index is 559. The highest BCUT2D eigenvalue weighted by atomic mass is 35.5. The molecule has 0 saturated heterocycles. The highest BCUT2D eigenvalue weighted by molar-refractivity contribution is 7.91. The van der Waals surface area contributed by atoms with Crippen LogP contribution in [0.15, 0.2) is 24.3 Å². The molecule has 1 aromatic rings. The first kappa shape index (κ1) is 16.8. The monoisotopic (exact) mass is 329 g/mol.